The van der Waals surface area contributed by atoms with Gasteiger partial charge in [-0.3, -0.25) is 14.9 Å². The molecule has 0 saturated carbocycles. The lowest BCUT2D eigenvalue weighted by Crippen LogP contribution is -2.12. The highest BCUT2D eigenvalue weighted by Gasteiger charge is 2.26. The van der Waals surface area contributed by atoms with E-state index in [1.807, 2.05) is 0 Å². The Morgan fingerprint density at radius 3 is 2.48 bits per heavy atom. The Bertz CT molecular complexity index is 977. The van der Waals surface area contributed by atoms with Crippen molar-refractivity contribution in [2.45, 2.75) is 6.92 Å². The number of rotatable bonds is 5. The van der Waals surface area contributed by atoms with Crippen LogP contribution in [0.3, 0.4) is 0 Å². The molecule has 0 radical (unpaired) electrons. The van der Waals surface area contributed by atoms with Gasteiger partial charge in [-0.2, -0.15) is 0 Å². The molecule has 1 heterocycles. The molecule has 0 aliphatic carbocycles. The van der Waals surface area contributed by atoms with Crippen molar-refractivity contribution in [3.8, 4) is 28.6 Å². The first kappa shape index (κ1) is 18.1. The van der Waals surface area contributed by atoms with E-state index < -0.39 is 17.6 Å². The van der Waals surface area contributed by atoms with Gasteiger partial charge in [0.25, 0.3) is 5.91 Å². The molecule has 0 bridgehead atoms. The van der Waals surface area contributed by atoms with E-state index in [1.165, 1.54) is 14.0 Å². The van der Waals surface area contributed by atoms with Gasteiger partial charge in [-0.05, 0) is 24.3 Å². The van der Waals surface area contributed by atoms with Crippen molar-refractivity contribution < 1.29 is 28.6 Å². The van der Waals surface area contributed by atoms with E-state index in [4.69, 9.17) is 13.9 Å². The summed E-state index contributed by atoms with van der Waals surface area (Å²) in [5.74, 6) is -1.39. The maximum atomic E-state index is 12.4. The summed E-state index contributed by atoms with van der Waals surface area (Å²) in [4.78, 5) is 23.8. The highest BCUT2D eigenvalue weighted by atomic mass is 16.6. The van der Waals surface area contributed by atoms with Crippen LogP contribution in [0.1, 0.15) is 17.3 Å². The number of amides is 1. The molecule has 0 aliphatic heterocycles. The smallest absolute Gasteiger partial charge is 0.308 e. The normalized spacial score (nSPS) is 10.3. The Hall–Kier alpha value is -3.74. The van der Waals surface area contributed by atoms with Gasteiger partial charge in [0.15, 0.2) is 5.76 Å². The van der Waals surface area contributed by atoms with E-state index in [2.05, 4.69) is 5.32 Å². The predicted molar refractivity (Wildman–Crippen MR) is 98.1 cm³/mol. The third kappa shape index (κ3) is 3.92. The van der Waals surface area contributed by atoms with Gasteiger partial charge in [-0.25, -0.2) is 0 Å². The maximum absolute atomic E-state index is 12.4. The molecule has 0 aliphatic rings. The number of ether oxygens (including phenoxy) is 2. The molecule has 0 unspecified atom stereocenters. The summed E-state index contributed by atoms with van der Waals surface area (Å²) >= 11 is 0. The number of anilines is 1. The molecule has 27 heavy (non-hydrogen) atoms. The van der Waals surface area contributed by atoms with Gasteiger partial charge in [-0.15, -0.1) is 0 Å². The minimum Gasteiger partial charge on any atom is -0.502 e. The van der Waals surface area contributed by atoms with Crippen LogP contribution in [0, 0.1) is 0 Å². The van der Waals surface area contributed by atoms with Crippen molar-refractivity contribution in [2.24, 2.45) is 0 Å². The fourth-order valence-corrected chi connectivity index (χ4v) is 2.45. The van der Waals surface area contributed by atoms with E-state index in [1.54, 1.807) is 54.6 Å². The highest BCUT2D eigenvalue weighted by molar-refractivity contribution is 6.05. The Kier molecular flexibility index (Phi) is 5.12. The second kappa shape index (κ2) is 7.65. The van der Waals surface area contributed by atoms with Gasteiger partial charge >= 0.3 is 5.97 Å². The van der Waals surface area contributed by atoms with Crippen LogP contribution in [0.15, 0.2) is 59.0 Å². The summed E-state index contributed by atoms with van der Waals surface area (Å²) in [6.07, 6.45) is 0. The SMILES string of the molecule is COc1cccc(-c2oc(NC(=O)c3ccccc3)c(OC(C)=O)c2O)c1. The highest BCUT2D eigenvalue weighted by Crippen LogP contribution is 2.46. The van der Waals surface area contributed by atoms with E-state index in [0.717, 1.165) is 0 Å². The van der Waals surface area contributed by atoms with Crippen molar-refractivity contribution in [1.29, 1.82) is 0 Å². The molecule has 138 valence electrons. The summed E-state index contributed by atoms with van der Waals surface area (Å²) in [5.41, 5.74) is 0.866. The molecule has 2 N–H and O–H groups in total. The maximum Gasteiger partial charge on any atom is 0.308 e. The Morgan fingerprint density at radius 2 is 1.81 bits per heavy atom. The minimum absolute atomic E-state index is 0.0357. The van der Waals surface area contributed by atoms with Gasteiger partial charge in [0.1, 0.15) is 5.75 Å². The van der Waals surface area contributed by atoms with Crippen LogP contribution in [0.2, 0.25) is 0 Å². The van der Waals surface area contributed by atoms with Crippen LogP contribution in [0.25, 0.3) is 11.3 Å². The van der Waals surface area contributed by atoms with Crippen LogP contribution >= 0.6 is 0 Å². The third-order valence-corrected chi connectivity index (χ3v) is 3.68. The number of carbonyl (C=O) groups excluding carboxylic acids is 2. The van der Waals surface area contributed by atoms with Crippen LogP contribution in [-0.4, -0.2) is 24.1 Å². The number of aromatic hydroxyl groups is 1. The zero-order valence-corrected chi connectivity index (χ0v) is 14.7. The monoisotopic (exact) mass is 367 g/mol. The number of carbonyl (C=O) groups is 2. The molecule has 0 fully saturated rings. The van der Waals surface area contributed by atoms with E-state index in [-0.39, 0.29) is 17.4 Å². The second-order valence-corrected chi connectivity index (χ2v) is 5.58. The summed E-state index contributed by atoms with van der Waals surface area (Å²) in [6.45, 7) is 1.18. The second-order valence-electron chi connectivity index (χ2n) is 5.58. The third-order valence-electron chi connectivity index (χ3n) is 3.68. The number of nitrogens with one attached hydrogen (secondary N) is 1. The quantitative estimate of drug-likeness (QED) is 0.665. The molecule has 0 saturated heterocycles. The number of hydrogen-bond donors (Lipinski definition) is 2. The molecule has 7 nitrogen and oxygen atoms in total. The van der Waals surface area contributed by atoms with Crippen molar-refractivity contribution in [3.63, 3.8) is 0 Å². The van der Waals surface area contributed by atoms with Gasteiger partial charge in [0.05, 0.1) is 7.11 Å². The van der Waals surface area contributed by atoms with Crippen molar-refractivity contribution in [2.75, 3.05) is 12.4 Å². The predicted octanol–water partition coefficient (Wildman–Crippen LogP) is 3.84. The zero-order valence-electron chi connectivity index (χ0n) is 14.7. The van der Waals surface area contributed by atoms with Crippen LogP contribution in [0.4, 0.5) is 5.88 Å². The minimum atomic E-state index is -0.668. The summed E-state index contributed by atoms with van der Waals surface area (Å²) in [7, 11) is 1.51. The van der Waals surface area contributed by atoms with E-state index in [0.29, 0.717) is 16.9 Å². The fraction of sp³-hybridized carbons (Fsp3) is 0.100. The lowest BCUT2D eigenvalue weighted by molar-refractivity contribution is -0.132. The summed E-state index contributed by atoms with van der Waals surface area (Å²) in [5, 5.41) is 13.0. The van der Waals surface area contributed by atoms with E-state index in [9.17, 15) is 14.7 Å². The van der Waals surface area contributed by atoms with Crippen molar-refractivity contribution in [1.82, 2.24) is 0 Å². The summed E-state index contributed by atoms with van der Waals surface area (Å²) < 4.78 is 15.8. The molecule has 0 spiro atoms. The van der Waals surface area contributed by atoms with Gasteiger partial charge < -0.3 is 19.0 Å². The first-order valence-corrected chi connectivity index (χ1v) is 8.04. The summed E-state index contributed by atoms with van der Waals surface area (Å²) in [6, 6.07) is 15.2. The largest absolute Gasteiger partial charge is 0.502 e. The molecule has 2 aromatic carbocycles. The Labute approximate surface area is 155 Å². The van der Waals surface area contributed by atoms with Crippen LogP contribution < -0.4 is 14.8 Å². The number of hydrogen-bond acceptors (Lipinski definition) is 6. The standard InChI is InChI=1S/C20H17NO6/c1-12(22)26-18-16(23)17(14-9-6-10-15(11-14)25-2)27-20(18)21-19(24)13-7-4-3-5-8-13/h3-11,23H,1-2H3,(H,21,24). The van der Waals surface area contributed by atoms with Gasteiger partial charge in [-0.1, -0.05) is 30.3 Å². The first-order valence-electron chi connectivity index (χ1n) is 8.04. The van der Waals surface area contributed by atoms with Crippen molar-refractivity contribution in [3.05, 3.63) is 60.2 Å². The molecule has 1 amide bonds. The fourth-order valence-electron chi connectivity index (χ4n) is 2.45. The van der Waals surface area contributed by atoms with Crippen molar-refractivity contribution >= 4 is 17.8 Å². The Morgan fingerprint density at radius 1 is 1.07 bits per heavy atom. The molecule has 7 heteroatoms. The average molecular weight is 367 g/mol. The number of methoxy groups -OCH3 is 1. The van der Waals surface area contributed by atoms with Crippen LogP contribution in [0.5, 0.6) is 17.2 Å². The molecular weight excluding hydrogens is 350 g/mol. The zero-order chi connectivity index (χ0) is 19.4. The number of benzene rings is 2. The molecular formula is C20H17NO6. The average Bonchev–Trinajstić information content (AvgIpc) is 2.98. The van der Waals surface area contributed by atoms with E-state index >= 15 is 0 Å². The Balaban J connectivity index is 2.02. The van der Waals surface area contributed by atoms with Gasteiger partial charge in [0.2, 0.25) is 17.4 Å². The molecule has 1 aromatic heterocycles. The lowest BCUT2D eigenvalue weighted by Gasteiger charge is -2.04. The molecule has 0 atom stereocenters. The van der Waals surface area contributed by atoms with Crippen LogP contribution in [-0.2, 0) is 4.79 Å². The first-order chi connectivity index (χ1) is 13.0. The lowest BCUT2D eigenvalue weighted by atomic mass is 10.1. The molecule has 3 rings (SSSR count). The topological polar surface area (TPSA) is 98.0 Å². The van der Waals surface area contributed by atoms with Gasteiger partial charge in [0, 0.05) is 18.1 Å². The molecule has 3 aromatic rings. The number of furan rings is 1. The number of esters is 1.